The summed E-state index contributed by atoms with van der Waals surface area (Å²) in [7, 11) is 0. The van der Waals surface area contributed by atoms with Crippen LogP contribution in [-0.2, 0) is 17.8 Å². The second-order valence-electron chi connectivity index (χ2n) is 8.07. The van der Waals surface area contributed by atoms with Crippen LogP contribution in [0.4, 0.5) is 5.69 Å². The van der Waals surface area contributed by atoms with E-state index in [1.165, 1.54) is 5.56 Å². The Morgan fingerprint density at radius 2 is 2.10 bits per heavy atom. The highest BCUT2D eigenvalue weighted by molar-refractivity contribution is 5.94. The molecule has 2 aromatic rings. The average molecular weight is 395 g/mol. The maximum absolute atomic E-state index is 13.1. The molecule has 2 aliphatic heterocycles. The smallest absolute Gasteiger partial charge is 0.228 e. The third kappa shape index (κ3) is 4.73. The lowest BCUT2D eigenvalue weighted by atomic mass is 9.96. The number of nitrogens with one attached hydrogen (secondary N) is 1. The van der Waals surface area contributed by atoms with Gasteiger partial charge in [-0.05, 0) is 44.9 Å². The average Bonchev–Trinajstić information content (AvgIpc) is 3.08. The second-order valence-corrected chi connectivity index (χ2v) is 8.07. The normalized spacial score (nSPS) is 21.3. The number of hydrogen-bond donors (Lipinski definition) is 1. The van der Waals surface area contributed by atoms with E-state index >= 15 is 0 Å². The lowest BCUT2D eigenvalue weighted by molar-refractivity contribution is -0.121. The fraction of sp³-hybridized carbons (Fsp3) is 0.458. The van der Waals surface area contributed by atoms with Crippen LogP contribution < -0.4 is 14.8 Å². The number of nitrogens with zero attached hydrogens (tertiary/aromatic N) is 1. The van der Waals surface area contributed by atoms with Crippen LogP contribution in [0.5, 0.6) is 11.5 Å². The van der Waals surface area contributed by atoms with Crippen LogP contribution in [0.2, 0.25) is 0 Å². The van der Waals surface area contributed by atoms with Gasteiger partial charge in [0, 0.05) is 31.1 Å². The van der Waals surface area contributed by atoms with Crippen LogP contribution in [0.3, 0.4) is 0 Å². The molecule has 2 aromatic carbocycles. The Kier molecular flexibility index (Phi) is 6.05. The van der Waals surface area contributed by atoms with Crippen molar-refractivity contribution >= 4 is 11.6 Å². The van der Waals surface area contributed by atoms with Crippen LogP contribution >= 0.6 is 0 Å². The molecule has 0 aliphatic carbocycles. The third-order valence-electron chi connectivity index (χ3n) is 5.68. The molecule has 4 rings (SSSR count). The summed E-state index contributed by atoms with van der Waals surface area (Å²) in [5, 5.41) is 3.12. The predicted octanol–water partition coefficient (Wildman–Crippen LogP) is 4.26. The van der Waals surface area contributed by atoms with Gasteiger partial charge in [0.2, 0.25) is 5.91 Å². The van der Waals surface area contributed by atoms with E-state index in [0.29, 0.717) is 12.3 Å². The van der Waals surface area contributed by atoms with Gasteiger partial charge in [0.25, 0.3) is 0 Å². The van der Waals surface area contributed by atoms with Crippen molar-refractivity contribution in [1.29, 1.82) is 0 Å². The van der Waals surface area contributed by atoms with Crippen LogP contribution in [0, 0.1) is 5.92 Å². The first-order chi connectivity index (χ1) is 14.1. The summed E-state index contributed by atoms with van der Waals surface area (Å²) in [6.07, 6.45) is 2.99. The summed E-state index contributed by atoms with van der Waals surface area (Å²) in [4.78, 5) is 15.4. The van der Waals surface area contributed by atoms with Gasteiger partial charge in [-0.25, -0.2) is 0 Å². The summed E-state index contributed by atoms with van der Waals surface area (Å²) < 4.78 is 11.7. The molecule has 5 heteroatoms. The maximum Gasteiger partial charge on any atom is 0.228 e. The van der Waals surface area contributed by atoms with Gasteiger partial charge >= 0.3 is 0 Å². The van der Waals surface area contributed by atoms with E-state index in [1.54, 1.807) is 0 Å². The van der Waals surface area contributed by atoms with Crippen LogP contribution in [0.25, 0.3) is 0 Å². The van der Waals surface area contributed by atoms with Crippen LogP contribution in [0.1, 0.15) is 37.8 Å². The third-order valence-corrected chi connectivity index (χ3v) is 5.68. The maximum atomic E-state index is 13.1. The molecule has 0 saturated carbocycles. The van der Waals surface area contributed by atoms with Crippen molar-refractivity contribution in [3.05, 3.63) is 53.6 Å². The first kappa shape index (κ1) is 19.8. The van der Waals surface area contributed by atoms with Gasteiger partial charge in [-0.3, -0.25) is 9.69 Å². The molecule has 29 heavy (non-hydrogen) atoms. The molecule has 1 saturated heterocycles. The molecule has 2 heterocycles. The minimum Gasteiger partial charge on any atom is -0.492 e. The van der Waals surface area contributed by atoms with Crippen molar-refractivity contribution in [2.45, 2.75) is 45.8 Å². The SMILES string of the molecule is CCOc1cc2c(cc1NC(=O)C1CCCN(Cc3ccccc3)C1)OC(C)C2. The molecule has 0 spiro atoms. The zero-order valence-corrected chi connectivity index (χ0v) is 17.3. The molecule has 2 atom stereocenters. The van der Waals surface area contributed by atoms with E-state index in [-0.39, 0.29) is 17.9 Å². The van der Waals surface area contributed by atoms with Crippen molar-refractivity contribution in [3.63, 3.8) is 0 Å². The van der Waals surface area contributed by atoms with Gasteiger partial charge in [-0.1, -0.05) is 30.3 Å². The summed E-state index contributed by atoms with van der Waals surface area (Å²) in [5.41, 5.74) is 3.15. The lowest BCUT2D eigenvalue weighted by Crippen LogP contribution is -2.40. The summed E-state index contributed by atoms with van der Waals surface area (Å²) >= 11 is 0. The Labute approximate surface area is 173 Å². The number of ether oxygens (including phenoxy) is 2. The highest BCUT2D eigenvalue weighted by Crippen LogP contribution is 2.38. The number of rotatable bonds is 6. The Morgan fingerprint density at radius 3 is 2.90 bits per heavy atom. The van der Waals surface area contributed by atoms with Crippen molar-refractivity contribution in [1.82, 2.24) is 4.90 Å². The van der Waals surface area contributed by atoms with Gasteiger partial charge in [0.05, 0.1) is 18.2 Å². The first-order valence-electron chi connectivity index (χ1n) is 10.7. The number of amides is 1. The zero-order valence-electron chi connectivity index (χ0n) is 17.3. The molecule has 1 N–H and O–H groups in total. The van der Waals surface area contributed by atoms with Crippen LogP contribution in [0.15, 0.2) is 42.5 Å². The van der Waals surface area contributed by atoms with E-state index in [0.717, 1.165) is 56.0 Å². The van der Waals surface area contributed by atoms with Gasteiger partial charge < -0.3 is 14.8 Å². The van der Waals surface area contributed by atoms with Crippen LogP contribution in [-0.4, -0.2) is 36.6 Å². The van der Waals surface area contributed by atoms with Gasteiger partial charge in [0.15, 0.2) is 0 Å². The van der Waals surface area contributed by atoms with Crippen molar-refractivity contribution in [2.75, 3.05) is 25.0 Å². The first-order valence-corrected chi connectivity index (χ1v) is 10.7. The Morgan fingerprint density at radius 1 is 1.28 bits per heavy atom. The number of carbonyl (C=O) groups excluding carboxylic acids is 1. The number of hydrogen-bond acceptors (Lipinski definition) is 4. The highest BCUT2D eigenvalue weighted by atomic mass is 16.5. The molecule has 5 nitrogen and oxygen atoms in total. The molecular weight excluding hydrogens is 364 g/mol. The molecule has 2 unspecified atom stereocenters. The number of piperidine rings is 1. The zero-order chi connectivity index (χ0) is 20.2. The lowest BCUT2D eigenvalue weighted by Gasteiger charge is -2.32. The number of fused-ring (bicyclic) bond motifs is 1. The molecule has 0 aromatic heterocycles. The molecule has 0 radical (unpaired) electrons. The minimum absolute atomic E-state index is 0.0185. The quantitative estimate of drug-likeness (QED) is 0.795. The molecular formula is C24H30N2O3. The fourth-order valence-corrected chi connectivity index (χ4v) is 4.30. The monoisotopic (exact) mass is 394 g/mol. The van der Waals surface area contributed by atoms with Crippen molar-refractivity contribution in [2.24, 2.45) is 5.92 Å². The van der Waals surface area contributed by atoms with E-state index in [4.69, 9.17) is 9.47 Å². The number of likely N-dealkylation sites (tertiary alicyclic amines) is 1. The molecule has 154 valence electrons. The van der Waals surface area contributed by atoms with E-state index in [2.05, 4.69) is 41.4 Å². The Bertz CT molecular complexity index is 853. The molecule has 1 amide bonds. The topological polar surface area (TPSA) is 50.8 Å². The summed E-state index contributed by atoms with van der Waals surface area (Å²) in [5.74, 6) is 1.63. The number of benzene rings is 2. The molecule has 2 aliphatic rings. The predicted molar refractivity (Wildman–Crippen MR) is 114 cm³/mol. The van der Waals surface area contributed by atoms with Crippen molar-refractivity contribution in [3.8, 4) is 11.5 Å². The highest BCUT2D eigenvalue weighted by Gasteiger charge is 2.28. The fourth-order valence-electron chi connectivity index (χ4n) is 4.30. The Hall–Kier alpha value is -2.53. The number of anilines is 1. The van der Waals surface area contributed by atoms with Crippen molar-refractivity contribution < 1.29 is 14.3 Å². The van der Waals surface area contributed by atoms with Gasteiger partial charge in [-0.15, -0.1) is 0 Å². The van der Waals surface area contributed by atoms with Gasteiger partial charge in [0.1, 0.15) is 17.6 Å². The van der Waals surface area contributed by atoms with E-state index in [9.17, 15) is 4.79 Å². The second kappa shape index (κ2) is 8.87. The largest absolute Gasteiger partial charge is 0.492 e. The minimum atomic E-state index is -0.0185. The van der Waals surface area contributed by atoms with E-state index in [1.807, 2.05) is 25.1 Å². The van der Waals surface area contributed by atoms with E-state index < -0.39 is 0 Å². The standard InChI is InChI=1S/C24H30N2O3/c1-3-28-23-13-20-12-17(2)29-22(20)14-21(23)25-24(27)19-10-7-11-26(16-19)15-18-8-5-4-6-9-18/h4-6,8-9,13-14,17,19H,3,7,10-12,15-16H2,1-2H3,(H,25,27). The molecule has 1 fully saturated rings. The van der Waals surface area contributed by atoms with Gasteiger partial charge in [-0.2, -0.15) is 0 Å². The summed E-state index contributed by atoms with van der Waals surface area (Å²) in [6.45, 7) is 7.28. The summed E-state index contributed by atoms with van der Waals surface area (Å²) in [6, 6.07) is 14.4. The number of carbonyl (C=O) groups is 1. The Balaban J connectivity index is 1.44. The molecule has 0 bridgehead atoms.